The van der Waals surface area contributed by atoms with Crippen LogP contribution in [0, 0.1) is 6.92 Å². The van der Waals surface area contributed by atoms with E-state index in [1.165, 1.54) is 0 Å². The van der Waals surface area contributed by atoms with E-state index < -0.39 is 11.6 Å². The third-order valence-corrected chi connectivity index (χ3v) is 2.06. The van der Waals surface area contributed by atoms with Gasteiger partial charge in [-0.1, -0.05) is 11.6 Å². The number of ether oxygens (including phenoxy) is 2. The summed E-state index contributed by atoms with van der Waals surface area (Å²) in [5.74, 6) is -0.0888. The zero-order valence-corrected chi connectivity index (χ0v) is 11.1. The fourth-order valence-corrected chi connectivity index (χ4v) is 1.39. The first-order valence-corrected chi connectivity index (χ1v) is 5.74. The molecule has 18 heavy (non-hydrogen) atoms. The van der Waals surface area contributed by atoms with E-state index in [0.717, 1.165) is 5.56 Å². The Morgan fingerprint density at radius 1 is 1.33 bits per heavy atom. The highest BCUT2D eigenvalue weighted by Crippen LogP contribution is 2.23. The van der Waals surface area contributed by atoms with Crippen molar-refractivity contribution in [1.82, 2.24) is 0 Å². The standard InChI is InChI=1S/C14H18O4/c1-10-5-6-12(17-8-7-15)11(9-10)13(16)18-14(2,3)4/h5-7,9H,8H2,1-4H3. The second-order valence-electron chi connectivity index (χ2n) is 4.98. The van der Waals surface area contributed by atoms with E-state index >= 15 is 0 Å². The molecule has 0 spiro atoms. The minimum absolute atomic E-state index is 0.0845. The summed E-state index contributed by atoms with van der Waals surface area (Å²) >= 11 is 0. The van der Waals surface area contributed by atoms with Gasteiger partial charge in [0.05, 0.1) is 0 Å². The van der Waals surface area contributed by atoms with Crippen LogP contribution in [-0.4, -0.2) is 24.5 Å². The van der Waals surface area contributed by atoms with Gasteiger partial charge in [0.15, 0.2) is 6.29 Å². The van der Waals surface area contributed by atoms with Crippen molar-refractivity contribution in [2.45, 2.75) is 33.3 Å². The van der Waals surface area contributed by atoms with Gasteiger partial charge in [-0.25, -0.2) is 4.79 Å². The predicted molar refractivity (Wildman–Crippen MR) is 67.9 cm³/mol. The van der Waals surface area contributed by atoms with Gasteiger partial charge in [0.25, 0.3) is 0 Å². The van der Waals surface area contributed by atoms with Crippen molar-refractivity contribution in [2.75, 3.05) is 6.61 Å². The van der Waals surface area contributed by atoms with Crippen molar-refractivity contribution in [2.24, 2.45) is 0 Å². The Labute approximate surface area is 107 Å². The lowest BCUT2D eigenvalue weighted by Crippen LogP contribution is -2.24. The van der Waals surface area contributed by atoms with E-state index in [1.807, 2.05) is 13.0 Å². The summed E-state index contributed by atoms with van der Waals surface area (Å²) in [6.07, 6.45) is 0.638. The van der Waals surface area contributed by atoms with Crippen molar-refractivity contribution >= 4 is 12.3 Å². The van der Waals surface area contributed by atoms with Crippen molar-refractivity contribution < 1.29 is 19.1 Å². The molecule has 0 unspecified atom stereocenters. The average molecular weight is 250 g/mol. The van der Waals surface area contributed by atoms with Crippen LogP contribution >= 0.6 is 0 Å². The van der Waals surface area contributed by atoms with Gasteiger partial charge in [-0.05, 0) is 39.8 Å². The molecule has 0 aliphatic rings. The zero-order valence-electron chi connectivity index (χ0n) is 11.1. The SMILES string of the molecule is Cc1ccc(OCC=O)c(C(=O)OC(C)(C)C)c1. The summed E-state index contributed by atoms with van der Waals surface area (Å²) in [5, 5.41) is 0. The molecule has 1 rings (SSSR count). The molecule has 0 saturated carbocycles. The first-order valence-electron chi connectivity index (χ1n) is 5.74. The number of esters is 1. The lowest BCUT2D eigenvalue weighted by Gasteiger charge is -2.20. The van der Waals surface area contributed by atoms with E-state index in [1.54, 1.807) is 32.9 Å². The van der Waals surface area contributed by atoms with E-state index in [2.05, 4.69) is 0 Å². The lowest BCUT2D eigenvalue weighted by atomic mass is 10.1. The highest BCUT2D eigenvalue weighted by Gasteiger charge is 2.21. The van der Waals surface area contributed by atoms with Crippen LogP contribution < -0.4 is 4.74 Å². The molecule has 0 aromatic heterocycles. The number of carbonyl (C=O) groups excluding carboxylic acids is 2. The Kier molecular flexibility index (Phi) is 4.48. The summed E-state index contributed by atoms with van der Waals surface area (Å²) in [7, 11) is 0. The van der Waals surface area contributed by atoms with Crippen LogP contribution in [0.1, 0.15) is 36.7 Å². The number of aryl methyl sites for hydroxylation is 1. The molecule has 0 amide bonds. The molecule has 0 aliphatic heterocycles. The van der Waals surface area contributed by atoms with Gasteiger partial charge in [0, 0.05) is 0 Å². The van der Waals surface area contributed by atoms with Crippen LogP contribution in [0.25, 0.3) is 0 Å². The Morgan fingerprint density at radius 3 is 2.56 bits per heavy atom. The highest BCUT2D eigenvalue weighted by molar-refractivity contribution is 5.93. The van der Waals surface area contributed by atoms with E-state index in [9.17, 15) is 9.59 Å². The second kappa shape index (κ2) is 5.67. The second-order valence-corrected chi connectivity index (χ2v) is 4.98. The molecular weight excluding hydrogens is 232 g/mol. The fourth-order valence-electron chi connectivity index (χ4n) is 1.39. The topological polar surface area (TPSA) is 52.6 Å². The molecule has 4 nitrogen and oxygen atoms in total. The molecule has 0 heterocycles. The van der Waals surface area contributed by atoms with Gasteiger partial charge in [-0.2, -0.15) is 0 Å². The van der Waals surface area contributed by atoms with Gasteiger partial charge in [-0.3, -0.25) is 4.79 Å². The van der Waals surface area contributed by atoms with Crippen molar-refractivity contribution in [3.8, 4) is 5.75 Å². The molecule has 0 N–H and O–H groups in total. The molecule has 4 heteroatoms. The monoisotopic (exact) mass is 250 g/mol. The maximum atomic E-state index is 12.0. The number of rotatable bonds is 4. The lowest BCUT2D eigenvalue weighted by molar-refractivity contribution is -0.109. The summed E-state index contributed by atoms with van der Waals surface area (Å²) in [4.78, 5) is 22.3. The third kappa shape index (κ3) is 4.20. The van der Waals surface area contributed by atoms with Gasteiger partial charge in [0.2, 0.25) is 0 Å². The number of carbonyl (C=O) groups is 2. The average Bonchev–Trinajstić information content (AvgIpc) is 2.25. The Morgan fingerprint density at radius 2 is 2.00 bits per heavy atom. The molecule has 0 fully saturated rings. The molecular formula is C14H18O4. The maximum Gasteiger partial charge on any atom is 0.342 e. The number of aldehydes is 1. The van der Waals surface area contributed by atoms with Crippen LogP contribution in [0.5, 0.6) is 5.75 Å². The van der Waals surface area contributed by atoms with Crippen molar-refractivity contribution in [3.05, 3.63) is 29.3 Å². The molecule has 0 saturated heterocycles. The van der Waals surface area contributed by atoms with Gasteiger partial charge in [-0.15, -0.1) is 0 Å². The molecule has 0 radical (unpaired) electrons. The van der Waals surface area contributed by atoms with Gasteiger partial charge in [0.1, 0.15) is 23.5 Å². The van der Waals surface area contributed by atoms with Crippen molar-refractivity contribution in [3.63, 3.8) is 0 Å². The van der Waals surface area contributed by atoms with Crippen LogP contribution in [0.3, 0.4) is 0 Å². The minimum Gasteiger partial charge on any atom is -0.485 e. The summed E-state index contributed by atoms with van der Waals surface area (Å²) < 4.78 is 10.5. The smallest absolute Gasteiger partial charge is 0.342 e. The summed E-state index contributed by atoms with van der Waals surface area (Å²) in [5.41, 5.74) is 0.698. The summed E-state index contributed by atoms with van der Waals surface area (Å²) in [6.45, 7) is 7.18. The van der Waals surface area contributed by atoms with E-state index in [0.29, 0.717) is 17.6 Å². The largest absolute Gasteiger partial charge is 0.485 e. The fraction of sp³-hybridized carbons (Fsp3) is 0.429. The van der Waals surface area contributed by atoms with Crippen LogP contribution in [0.4, 0.5) is 0 Å². The zero-order chi connectivity index (χ0) is 13.8. The van der Waals surface area contributed by atoms with Crippen LogP contribution in [0.2, 0.25) is 0 Å². The van der Waals surface area contributed by atoms with E-state index in [-0.39, 0.29) is 6.61 Å². The van der Waals surface area contributed by atoms with Crippen LogP contribution in [-0.2, 0) is 9.53 Å². The maximum absolute atomic E-state index is 12.0. The Hall–Kier alpha value is -1.84. The first-order chi connectivity index (χ1) is 8.33. The third-order valence-electron chi connectivity index (χ3n) is 2.06. The summed E-state index contributed by atoms with van der Waals surface area (Å²) in [6, 6.07) is 5.17. The van der Waals surface area contributed by atoms with Crippen LogP contribution in [0.15, 0.2) is 18.2 Å². The number of hydrogen-bond donors (Lipinski definition) is 0. The molecule has 1 aromatic carbocycles. The molecule has 98 valence electrons. The van der Waals surface area contributed by atoms with Crippen molar-refractivity contribution in [1.29, 1.82) is 0 Å². The number of benzene rings is 1. The normalized spacial score (nSPS) is 10.9. The Bertz CT molecular complexity index is 444. The first kappa shape index (κ1) is 14.2. The molecule has 0 atom stereocenters. The van der Waals surface area contributed by atoms with E-state index in [4.69, 9.17) is 9.47 Å². The van der Waals surface area contributed by atoms with Gasteiger partial charge < -0.3 is 9.47 Å². The Balaban J connectivity index is 3.00. The molecule has 0 bridgehead atoms. The number of hydrogen-bond acceptors (Lipinski definition) is 4. The quantitative estimate of drug-likeness (QED) is 0.608. The molecule has 0 aliphatic carbocycles. The van der Waals surface area contributed by atoms with Gasteiger partial charge >= 0.3 is 5.97 Å². The molecule has 1 aromatic rings. The predicted octanol–water partition coefficient (Wildman–Crippen LogP) is 2.53. The minimum atomic E-state index is -0.567. The highest BCUT2D eigenvalue weighted by atomic mass is 16.6.